The summed E-state index contributed by atoms with van der Waals surface area (Å²) in [6.07, 6.45) is 2.07. The third-order valence-electron chi connectivity index (χ3n) is 9.02. The molecule has 0 aliphatic carbocycles. The molecule has 4 atom stereocenters. The lowest BCUT2D eigenvalue weighted by Gasteiger charge is -2.36. The number of rotatable bonds is 9. The third-order valence-corrected chi connectivity index (χ3v) is 10.4. The molecule has 11 nitrogen and oxygen atoms in total. The maximum atomic E-state index is 14.4. The van der Waals surface area contributed by atoms with Crippen LogP contribution in [0.1, 0.15) is 61.5 Å². The highest BCUT2D eigenvalue weighted by atomic mass is 32.2. The van der Waals surface area contributed by atoms with Gasteiger partial charge in [-0.05, 0) is 95.1 Å². The average molecular weight is 696 g/mol. The Kier molecular flexibility index (Phi) is 12.1. The number of likely N-dealkylation sites (N-methyl/N-ethyl adjacent to an activating group) is 1. The van der Waals surface area contributed by atoms with Gasteiger partial charge in [0.15, 0.2) is 11.5 Å². The highest BCUT2D eigenvalue weighted by Gasteiger charge is 2.31. The molecule has 2 N–H and O–H groups in total. The van der Waals surface area contributed by atoms with Crippen LogP contribution < -0.4 is 18.9 Å². The molecule has 0 spiro atoms. The van der Waals surface area contributed by atoms with Crippen LogP contribution in [0.3, 0.4) is 0 Å². The molecule has 0 unspecified atom stereocenters. The van der Waals surface area contributed by atoms with Crippen molar-refractivity contribution in [3.8, 4) is 17.2 Å². The Morgan fingerprint density at radius 3 is 2.49 bits per heavy atom. The van der Waals surface area contributed by atoms with E-state index in [2.05, 4.69) is 16.5 Å². The van der Waals surface area contributed by atoms with E-state index in [-0.39, 0.29) is 53.6 Å². The van der Waals surface area contributed by atoms with Gasteiger partial charge in [-0.2, -0.15) is 0 Å². The van der Waals surface area contributed by atoms with Crippen molar-refractivity contribution in [1.82, 2.24) is 9.80 Å². The molecule has 0 saturated heterocycles. The maximum Gasteiger partial charge on any atom is 0.261 e. The van der Waals surface area contributed by atoms with Crippen LogP contribution in [0.15, 0.2) is 65.6 Å². The highest BCUT2D eigenvalue weighted by Crippen LogP contribution is 2.33. The number of nitrogens with one attached hydrogen (secondary N) is 1. The van der Waals surface area contributed by atoms with Crippen LogP contribution in [0.4, 0.5) is 5.69 Å². The van der Waals surface area contributed by atoms with Crippen molar-refractivity contribution in [3.63, 3.8) is 0 Å². The molecule has 2 heterocycles. The summed E-state index contributed by atoms with van der Waals surface area (Å²) in [6, 6.07) is 16.8. The van der Waals surface area contributed by atoms with Crippen molar-refractivity contribution < 1.29 is 37.3 Å². The lowest BCUT2D eigenvalue weighted by Crippen LogP contribution is -2.47. The van der Waals surface area contributed by atoms with Crippen molar-refractivity contribution >= 4 is 21.6 Å². The molecule has 1 amide bonds. The Labute approximate surface area is 290 Å². The number of ether oxygens (including phenoxy) is 4. The van der Waals surface area contributed by atoms with Crippen LogP contribution in [0.25, 0.3) is 0 Å². The second-order valence-electron chi connectivity index (χ2n) is 13.3. The van der Waals surface area contributed by atoms with Gasteiger partial charge in [-0.25, -0.2) is 8.42 Å². The number of carbonyl (C=O) groups excluding carboxylic acids is 1. The van der Waals surface area contributed by atoms with Gasteiger partial charge in [-0.1, -0.05) is 30.7 Å². The van der Waals surface area contributed by atoms with Crippen molar-refractivity contribution in [3.05, 3.63) is 77.4 Å². The Balaban J connectivity index is 1.40. The van der Waals surface area contributed by atoms with Gasteiger partial charge in [0, 0.05) is 37.8 Å². The zero-order valence-electron chi connectivity index (χ0n) is 29.1. The fourth-order valence-electron chi connectivity index (χ4n) is 6.10. The maximum absolute atomic E-state index is 14.4. The molecule has 0 bridgehead atoms. The Morgan fingerprint density at radius 1 is 1.00 bits per heavy atom. The average Bonchev–Trinajstić information content (AvgIpc) is 3.54. The van der Waals surface area contributed by atoms with E-state index in [4.69, 9.17) is 18.9 Å². The lowest BCUT2D eigenvalue weighted by atomic mass is 10.0. The van der Waals surface area contributed by atoms with Gasteiger partial charge in [0.05, 0.1) is 35.3 Å². The third kappa shape index (κ3) is 9.45. The quantitative estimate of drug-likeness (QED) is 0.301. The van der Waals surface area contributed by atoms with E-state index >= 15 is 0 Å². The molecule has 2 aliphatic heterocycles. The van der Waals surface area contributed by atoms with Gasteiger partial charge in [0.25, 0.3) is 15.9 Å². The molecule has 3 aromatic carbocycles. The first-order valence-electron chi connectivity index (χ1n) is 16.9. The molecule has 0 aromatic heterocycles. The van der Waals surface area contributed by atoms with Crippen LogP contribution in [0.5, 0.6) is 17.2 Å². The van der Waals surface area contributed by atoms with Gasteiger partial charge >= 0.3 is 0 Å². The molecular formula is C37H49N3O8S. The summed E-state index contributed by atoms with van der Waals surface area (Å²) >= 11 is 0. The predicted molar refractivity (Wildman–Crippen MR) is 188 cm³/mol. The summed E-state index contributed by atoms with van der Waals surface area (Å²) in [5, 5.41) is 10.3. The van der Waals surface area contributed by atoms with Crippen LogP contribution in [-0.2, 0) is 21.3 Å². The number of sulfonamides is 1. The van der Waals surface area contributed by atoms with Gasteiger partial charge in [-0.15, -0.1) is 0 Å². The van der Waals surface area contributed by atoms with Crippen LogP contribution >= 0.6 is 0 Å². The van der Waals surface area contributed by atoms with E-state index < -0.39 is 16.1 Å². The van der Waals surface area contributed by atoms with Crippen molar-refractivity contribution in [2.24, 2.45) is 5.92 Å². The zero-order chi connectivity index (χ0) is 35.1. The summed E-state index contributed by atoms with van der Waals surface area (Å²) < 4.78 is 52.9. The summed E-state index contributed by atoms with van der Waals surface area (Å²) in [7, 11) is -1.87. The Bertz CT molecular complexity index is 1680. The van der Waals surface area contributed by atoms with Crippen LogP contribution in [0, 0.1) is 12.8 Å². The second-order valence-corrected chi connectivity index (χ2v) is 15.0. The number of anilines is 1. The highest BCUT2D eigenvalue weighted by molar-refractivity contribution is 7.92. The molecule has 0 saturated carbocycles. The zero-order valence-corrected chi connectivity index (χ0v) is 29.9. The van der Waals surface area contributed by atoms with E-state index in [9.17, 15) is 18.3 Å². The molecule has 5 rings (SSSR count). The standard InChI is InChI=1S/C37H49N3O8S/c1-25-9-13-31(14-10-25)49(43,44)38-30-12-16-33-32(19-30)37(42)40(27(3)23-41)20-26(2)36(45-17-7-6-8-28(4)48-33)22-39(5)21-29-11-15-34-35(18-29)47-24-46-34/h9-16,18-19,26-28,36,38,41H,6-8,17,20-24H2,1-5H3/t26-,27-,28-,36-/m0/s1. The molecular weight excluding hydrogens is 646 g/mol. The van der Waals surface area contributed by atoms with Gasteiger partial charge < -0.3 is 29.0 Å². The minimum absolute atomic E-state index is 0.105. The summed E-state index contributed by atoms with van der Waals surface area (Å²) in [5.41, 5.74) is 2.49. The summed E-state index contributed by atoms with van der Waals surface area (Å²) in [6.45, 7) is 9.83. The normalized spacial score (nSPS) is 21.1. The number of nitrogens with zero attached hydrogens (tertiary/aromatic N) is 2. The number of aryl methyl sites for hydroxylation is 1. The lowest BCUT2D eigenvalue weighted by molar-refractivity contribution is -0.0177. The molecule has 49 heavy (non-hydrogen) atoms. The molecule has 0 fully saturated rings. The number of benzene rings is 3. The number of hydrogen-bond donors (Lipinski definition) is 2. The first-order valence-corrected chi connectivity index (χ1v) is 18.4. The smallest absolute Gasteiger partial charge is 0.261 e. The monoisotopic (exact) mass is 695 g/mol. The van der Waals surface area contributed by atoms with Crippen molar-refractivity contribution in [1.29, 1.82) is 0 Å². The van der Waals surface area contributed by atoms with Gasteiger partial charge in [0.1, 0.15) is 5.75 Å². The Morgan fingerprint density at radius 2 is 1.73 bits per heavy atom. The largest absolute Gasteiger partial charge is 0.490 e. The van der Waals surface area contributed by atoms with E-state index in [0.29, 0.717) is 32.0 Å². The predicted octanol–water partition coefficient (Wildman–Crippen LogP) is 5.45. The molecule has 266 valence electrons. The number of aliphatic hydroxyl groups is 1. The fourth-order valence-corrected chi connectivity index (χ4v) is 7.15. The molecule has 3 aromatic rings. The topological polar surface area (TPSA) is 127 Å². The summed E-state index contributed by atoms with van der Waals surface area (Å²) in [5.74, 6) is 1.38. The van der Waals surface area contributed by atoms with E-state index in [0.717, 1.165) is 41.9 Å². The number of fused-ring (bicyclic) bond motifs is 2. The van der Waals surface area contributed by atoms with Crippen molar-refractivity contribution in [2.45, 2.75) is 76.6 Å². The number of carbonyl (C=O) groups is 1. The summed E-state index contributed by atoms with van der Waals surface area (Å²) in [4.78, 5) is 18.4. The number of amides is 1. The molecule has 0 radical (unpaired) electrons. The van der Waals surface area contributed by atoms with Gasteiger partial charge in [0.2, 0.25) is 6.79 Å². The number of hydrogen-bond acceptors (Lipinski definition) is 9. The minimum atomic E-state index is -3.91. The molecule has 12 heteroatoms. The Hall–Kier alpha value is -3.84. The number of aliphatic hydroxyl groups excluding tert-OH is 1. The van der Waals surface area contributed by atoms with Gasteiger partial charge in [-0.3, -0.25) is 14.4 Å². The van der Waals surface area contributed by atoms with Crippen LogP contribution in [0.2, 0.25) is 0 Å². The minimum Gasteiger partial charge on any atom is -0.490 e. The van der Waals surface area contributed by atoms with E-state index in [1.165, 1.54) is 6.07 Å². The first-order chi connectivity index (χ1) is 23.4. The van der Waals surface area contributed by atoms with Crippen LogP contribution in [-0.4, -0.2) is 87.6 Å². The van der Waals surface area contributed by atoms with E-state index in [1.807, 2.05) is 39.1 Å². The first kappa shape index (κ1) is 36.4. The fraction of sp³-hybridized carbons (Fsp3) is 0.486. The SMILES string of the molecule is Cc1ccc(S(=O)(=O)Nc2ccc3c(c2)C(=O)N([C@@H](C)CO)C[C@H](C)[C@H](CN(C)Cc2ccc4c(c2)OCO4)OCCCC[C@H](C)O3)cc1. The molecule has 2 aliphatic rings. The van der Waals surface area contributed by atoms with Crippen molar-refractivity contribution in [2.75, 3.05) is 44.9 Å². The van der Waals surface area contributed by atoms with E-state index in [1.54, 1.807) is 48.2 Å². The second kappa shape index (κ2) is 16.2.